The van der Waals surface area contributed by atoms with Crippen molar-refractivity contribution < 1.29 is 4.74 Å². The van der Waals surface area contributed by atoms with Crippen molar-refractivity contribution in [2.45, 2.75) is 25.7 Å². The zero-order valence-electron chi connectivity index (χ0n) is 11.8. The van der Waals surface area contributed by atoms with Crippen molar-refractivity contribution in [1.29, 1.82) is 0 Å². The first kappa shape index (κ1) is 13.4. The molecule has 1 aliphatic carbocycles. The van der Waals surface area contributed by atoms with Gasteiger partial charge >= 0.3 is 0 Å². The minimum atomic E-state index is 0.701. The Labute approximate surface area is 120 Å². The van der Waals surface area contributed by atoms with Gasteiger partial charge in [-0.25, -0.2) is 0 Å². The highest BCUT2D eigenvalue weighted by molar-refractivity contribution is 5.79. The van der Waals surface area contributed by atoms with Crippen LogP contribution in [0.2, 0.25) is 0 Å². The van der Waals surface area contributed by atoms with Gasteiger partial charge in [-0.3, -0.25) is 4.98 Å². The minimum Gasteiger partial charge on any atom is -0.491 e. The van der Waals surface area contributed by atoms with E-state index in [9.17, 15) is 0 Å². The SMILES string of the molecule is c1ccc2ncc(OCCNCC3CCCC3)cc2c1. The lowest BCUT2D eigenvalue weighted by atomic mass is 10.1. The third-order valence-corrected chi connectivity index (χ3v) is 4.02. The lowest BCUT2D eigenvalue weighted by Gasteiger charge is -2.11. The molecule has 1 saturated carbocycles. The maximum absolute atomic E-state index is 5.75. The Hall–Kier alpha value is -1.61. The molecule has 0 saturated heterocycles. The van der Waals surface area contributed by atoms with Gasteiger partial charge in [-0.2, -0.15) is 0 Å². The molecule has 1 fully saturated rings. The van der Waals surface area contributed by atoms with Crippen LogP contribution in [0.5, 0.6) is 5.75 Å². The lowest BCUT2D eigenvalue weighted by molar-refractivity contribution is 0.308. The number of hydrogen-bond donors (Lipinski definition) is 1. The van der Waals surface area contributed by atoms with E-state index in [-0.39, 0.29) is 0 Å². The van der Waals surface area contributed by atoms with E-state index in [4.69, 9.17) is 4.74 Å². The summed E-state index contributed by atoms with van der Waals surface area (Å²) in [6.45, 7) is 2.75. The molecule has 0 atom stereocenters. The predicted octanol–water partition coefficient (Wildman–Crippen LogP) is 3.39. The number of fused-ring (bicyclic) bond motifs is 1. The van der Waals surface area contributed by atoms with Gasteiger partial charge in [0.1, 0.15) is 12.4 Å². The van der Waals surface area contributed by atoms with Crippen molar-refractivity contribution in [3.63, 3.8) is 0 Å². The minimum absolute atomic E-state index is 0.701. The number of nitrogens with zero attached hydrogens (tertiary/aromatic N) is 1. The smallest absolute Gasteiger partial charge is 0.138 e. The monoisotopic (exact) mass is 270 g/mol. The molecule has 1 N–H and O–H groups in total. The van der Waals surface area contributed by atoms with Crippen LogP contribution in [0, 0.1) is 5.92 Å². The summed E-state index contributed by atoms with van der Waals surface area (Å²) in [6.07, 6.45) is 7.40. The molecule has 3 rings (SSSR count). The molecular weight excluding hydrogens is 248 g/mol. The Morgan fingerprint density at radius 3 is 2.95 bits per heavy atom. The highest BCUT2D eigenvalue weighted by atomic mass is 16.5. The molecule has 3 heteroatoms. The Kier molecular flexibility index (Phi) is 4.49. The number of ether oxygens (including phenoxy) is 1. The predicted molar refractivity (Wildman–Crippen MR) is 82.1 cm³/mol. The Morgan fingerprint density at radius 1 is 1.20 bits per heavy atom. The molecule has 0 amide bonds. The highest BCUT2D eigenvalue weighted by Crippen LogP contribution is 2.23. The van der Waals surface area contributed by atoms with Crippen molar-refractivity contribution in [3.8, 4) is 5.75 Å². The van der Waals surface area contributed by atoms with Crippen LogP contribution < -0.4 is 10.1 Å². The van der Waals surface area contributed by atoms with Gasteiger partial charge < -0.3 is 10.1 Å². The van der Waals surface area contributed by atoms with E-state index >= 15 is 0 Å². The van der Waals surface area contributed by atoms with Crippen molar-refractivity contribution in [2.75, 3.05) is 19.7 Å². The Bertz CT molecular complexity index is 549. The first-order valence-corrected chi connectivity index (χ1v) is 7.60. The Balaban J connectivity index is 1.42. The average molecular weight is 270 g/mol. The quantitative estimate of drug-likeness (QED) is 0.817. The molecule has 0 radical (unpaired) electrons. The molecule has 1 heterocycles. The molecule has 0 aliphatic heterocycles. The summed E-state index contributed by atoms with van der Waals surface area (Å²) in [5, 5.41) is 4.62. The average Bonchev–Trinajstić information content (AvgIpc) is 3.00. The van der Waals surface area contributed by atoms with Gasteiger partial charge in [0.25, 0.3) is 0 Å². The van der Waals surface area contributed by atoms with Gasteiger partial charge in [0.2, 0.25) is 0 Å². The second-order valence-corrected chi connectivity index (χ2v) is 5.57. The number of nitrogens with one attached hydrogen (secondary N) is 1. The molecule has 1 aromatic heterocycles. The third kappa shape index (κ3) is 3.48. The van der Waals surface area contributed by atoms with Crippen LogP contribution in [0.4, 0.5) is 0 Å². The molecular formula is C17H22N2O. The van der Waals surface area contributed by atoms with Crippen molar-refractivity contribution in [3.05, 3.63) is 36.5 Å². The number of rotatable bonds is 6. The molecule has 0 spiro atoms. The van der Waals surface area contributed by atoms with Crippen LogP contribution in [0.1, 0.15) is 25.7 Å². The fraction of sp³-hybridized carbons (Fsp3) is 0.471. The number of para-hydroxylation sites is 1. The molecule has 2 aromatic rings. The van der Waals surface area contributed by atoms with E-state index in [1.807, 2.05) is 18.2 Å². The fourth-order valence-electron chi connectivity index (χ4n) is 2.89. The molecule has 0 unspecified atom stereocenters. The van der Waals surface area contributed by atoms with Gasteiger partial charge in [0, 0.05) is 11.9 Å². The molecule has 1 aliphatic rings. The van der Waals surface area contributed by atoms with E-state index in [0.29, 0.717) is 6.61 Å². The van der Waals surface area contributed by atoms with Gasteiger partial charge in [-0.15, -0.1) is 0 Å². The topological polar surface area (TPSA) is 34.1 Å². The number of hydrogen-bond acceptors (Lipinski definition) is 3. The summed E-state index contributed by atoms with van der Waals surface area (Å²) in [4.78, 5) is 4.40. The maximum atomic E-state index is 5.75. The Morgan fingerprint density at radius 2 is 2.05 bits per heavy atom. The summed E-state index contributed by atoms with van der Waals surface area (Å²) in [7, 11) is 0. The molecule has 20 heavy (non-hydrogen) atoms. The van der Waals surface area contributed by atoms with Gasteiger partial charge in [-0.05, 0) is 37.4 Å². The zero-order valence-corrected chi connectivity index (χ0v) is 11.8. The normalized spacial score (nSPS) is 15.8. The van der Waals surface area contributed by atoms with Crippen molar-refractivity contribution in [1.82, 2.24) is 10.3 Å². The number of aromatic nitrogens is 1. The first-order valence-electron chi connectivity index (χ1n) is 7.60. The van der Waals surface area contributed by atoms with E-state index in [1.165, 1.54) is 25.7 Å². The van der Waals surface area contributed by atoms with E-state index < -0.39 is 0 Å². The van der Waals surface area contributed by atoms with Gasteiger partial charge in [0.05, 0.1) is 11.7 Å². The molecule has 1 aromatic carbocycles. The second kappa shape index (κ2) is 6.71. The fourth-order valence-corrected chi connectivity index (χ4v) is 2.89. The third-order valence-electron chi connectivity index (χ3n) is 4.02. The summed E-state index contributed by atoms with van der Waals surface area (Å²) >= 11 is 0. The number of benzene rings is 1. The van der Waals surface area contributed by atoms with Gasteiger partial charge in [0.15, 0.2) is 0 Å². The summed E-state index contributed by atoms with van der Waals surface area (Å²) in [5.41, 5.74) is 1.01. The van der Waals surface area contributed by atoms with Crippen LogP contribution in [0.25, 0.3) is 10.9 Å². The molecule has 106 valence electrons. The van der Waals surface area contributed by atoms with Crippen LogP contribution in [-0.2, 0) is 0 Å². The second-order valence-electron chi connectivity index (χ2n) is 5.57. The first-order chi connectivity index (χ1) is 9.92. The van der Waals surface area contributed by atoms with E-state index in [0.717, 1.165) is 35.7 Å². The van der Waals surface area contributed by atoms with Crippen molar-refractivity contribution in [2.24, 2.45) is 5.92 Å². The molecule has 3 nitrogen and oxygen atoms in total. The highest BCUT2D eigenvalue weighted by Gasteiger charge is 2.13. The van der Waals surface area contributed by atoms with Gasteiger partial charge in [-0.1, -0.05) is 31.0 Å². The van der Waals surface area contributed by atoms with E-state index in [1.54, 1.807) is 6.20 Å². The van der Waals surface area contributed by atoms with Crippen LogP contribution in [0.3, 0.4) is 0 Å². The summed E-state index contributed by atoms with van der Waals surface area (Å²) in [5.74, 6) is 1.74. The van der Waals surface area contributed by atoms with Crippen LogP contribution in [-0.4, -0.2) is 24.7 Å². The largest absolute Gasteiger partial charge is 0.491 e. The lowest BCUT2D eigenvalue weighted by Crippen LogP contribution is -2.26. The zero-order chi connectivity index (χ0) is 13.6. The van der Waals surface area contributed by atoms with Crippen LogP contribution in [0.15, 0.2) is 36.5 Å². The van der Waals surface area contributed by atoms with Crippen LogP contribution >= 0.6 is 0 Å². The van der Waals surface area contributed by atoms with E-state index in [2.05, 4.69) is 22.4 Å². The summed E-state index contributed by atoms with van der Waals surface area (Å²) in [6, 6.07) is 10.2. The van der Waals surface area contributed by atoms with Crippen molar-refractivity contribution >= 4 is 10.9 Å². The number of pyridine rings is 1. The molecule has 0 bridgehead atoms. The maximum Gasteiger partial charge on any atom is 0.138 e. The summed E-state index contributed by atoms with van der Waals surface area (Å²) < 4.78 is 5.75. The standard InChI is InChI=1S/C17H22N2O/c1-2-6-14(5-1)12-18-9-10-20-16-11-15-7-3-4-8-17(15)19-13-16/h3-4,7-8,11,13-14,18H,1-2,5-6,9-10,12H2.